The summed E-state index contributed by atoms with van der Waals surface area (Å²) in [6.07, 6.45) is 6.08. The number of hydrogen-bond acceptors (Lipinski definition) is 2. The summed E-state index contributed by atoms with van der Waals surface area (Å²) in [6, 6.07) is 0.890. The van der Waals surface area contributed by atoms with Crippen molar-refractivity contribution in [3.05, 3.63) is 0 Å². The Balaban J connectivity index is 2.53. The van der Waals surface area contributed by atoms with Gasteiger partial charge in [0, 0.05) is 12.1 Å². The van der Waals surface area contributed by atoms with Crippen molar-refractivity contribution >= 4 is 5.97 Å². The van der Waals surface area contributed by atoms with E-state index in [1.807, 2.05) is 0 Å². The summed E-state index contributed by atoms with van der Waals surface area (Å²) < 4.78 is 0. The first-order valence-electron chi connectivity index (χ1n) is 6.16. The van der Waals surface area contributed by atoms with Gasteiger partial charge in [-0.05, 0) is 32.2 Å². The minimum absolute atomic E-state index is 0.291. The van der Waals surface area contributed by atoms with Gasteiger partial charge in [-0.3, -0.25) is 9.69 Å². The number of carboxylic acids is 1. The molecule has 3 nitrogen and oxygen atoms in total. The van der Waals surface area contributed by atoms with Crippen LogP contribution in [0.5, 0.6) is 0 Å². The molecule has 1 fully saturated rings. The molecule has 0 aromatic rings. The summed E-state index contributed by atoms with van der Waals surface area (Å²) in [6.45, 7) is 5.50. The lowest BCUT2D eigenvalue weighted by atomic mass is 10.0. The maximum atomic E-state index is 10.7. The van der Waals surface area contributed by atoms with Crippen LogP contribution in [0, 0.1) is 0 Å². The topological polar surface area (TPSA) is 40.5 Å². The zero-order chi connectivity index (χ0) is 11.3. The Hall–Kier alpha value is -0.570. The molecule has 1 heterocycles. The van der Waals surface area contributed by atoms with E-state index in [4.69, 9.17) is 5.11 Å². The number of likely N-dealkylation sites (tertiary alicyclic amines) is 1. The zero-order valence-corrected chi connectivity index (χ0v) is 9.91. The fraction of sp³-hybridized carbons (Fsp3) is 0.917. The second-order valence-corrected chi connectivity index (χ2v) is 4.48. The Bertz CT molecular complexity index is 206. The number of carboxylic acid groups (broad SMARTS) is 1. The molecular weight excluding hydrogens is 190 g/mol. The summed E-state index contributed by atoms with van der Waals surface area (Å²) in [5, 5.41) is 8.85. The third-order valence-corrected chi connectivity index (χ3v) is 3.40. The van der Waals surface area contributed by atoms with Crippen molar-refractivity contribution in [2.75, 3.05) is 6.54 Å². The zero-order valence-electron chi connectivity index (χ0n) is 9.91. The van der Waals surface area contributed by atoms with Crippen molar-refractivity contribution in [2.24, 2.45) is 0 Å². The highest BCUT2D eigenvalue weighted by molar-refractivity contribution is 5.67. The molecule has 1 saturated heterocycles. The van der Waals surface area contributed by atoms with E-state index in [1.54, 1.807) is 0 Å². The summed E-state index contributed by atoms with van der Waals surface area (Å²) in [5.41, 5.74) is 0. The Morgan fingerprint density at radius 3 is 2.80 bits per heavy atom. The van der Waals surface area contributed by atoms with Crippen molar-refractivity contribution in [1.82, 2.24) is 4.90 Å². The van der Waals surface area contributed by atoms with Gasteiger partial charge in [0.15, 0.2) is 0 Å². The quantitative estimate of drug-likeness (QED) is 0.737. The van der Waals surface area contributed by atoms with Gasteiger partial charge >= 0.3 is 5.97 Å². The maximum absolute atomic E-state index is 10.7. The van der Waals surface area contributed by atoms with E-state index in [0.29, 0.717) is 18.5 Å². The third-order valence-electron chi connectivity index (χ3n) is 3.40. The van der Waals surface area contributed by atoms with Gasteiger partial charge in [-0.25, -0.2) is 0 Å². The standard InChI is InChI=1S/C12H23NO2/c1-3-6-10(4-2)13-8-5-7-11(13)9-12(14)15/h10-11H,3-9H2,1-2H3,(H,14,15). The first-order valence-corrected chi connectivity index (χ1v) is 6.16. The predicted molar refractivity (Wildman–Crippen MR) is 61.0 cm³/mol. The van der Waals surface area contributed by atoms with Gasteiger partial charge in [-0.2, -0.15) is 0 Å². The smallest absolute Gasteiger partial charge is 0.304 e. The molecule has 0 bridgehead atoms. The first-order chi connectivity index (χ1) is 7.19. The van der Waals surface area contributed by atoms with E-state index < -0.39 is 5.97 Å². The fourth-order valence-corrected chi connectivity index (χ4v) is 2.70. The van der Waals surface area contributed by atoms with Crippen molar-refractivity contribution < 1.29 is 9.90 Å². The lowest BCUT2D eigenvalue weighted by molar-refractivity contribution is -0.138. The minimum atomic E-state index is -0.654. The highest BCUT2D eigenvalue weighted by Crippen LogP contribution is 2.25. The van der Waals surface area contributed by atoms with Crippen molar-refractivity contribution in [3.63, 3.8) is 0 Å². The van der Waals surface area contributed by atoms with Gasteiger partial charge in [0.25, 0.3) is 0 Å². The van der Waals surface area contributed by atoms with Gasteiger partial charge in [-0.15, -0.1) is 0 Å². The Morgan fingerprint density at radius 1 is 1.53 bits per heavy atom. The number of rotatable bonds is 6. The Morgan fingerprint density at radius 2 is 2.27 bits per heavy atom. The van der Waals surface area contributed by atoms with Crippen LogP contribution in [-0.2, 0) is 4.79 Å². The monoisotopic (exact) mass is 213 g/mol. The molecule has 15 heavy (non-hydrogen) atoms. The largest absolute Gasteiger partial charge is 0.481 e. The molecule has 0 amide bonds. The average Bonchev–Trinajstić information content (AvgIpc) is 2.61. The molecule has 1 rings (SSSR count). The van der Waals surface area contributed by atoms with E-state index in [2.05, 4.69) is 18.7 Å². The van der Waals surface area contributed by atoms with Gasteiger partial charge in [0.1, 0.15) is 0 Å². The van der Waals surface area contributed by atoms with Crippen LogP contribution < -0.4 is 0 Å². The van der Waals surface area contributed by atoms with Crippen LogP contribution in [0.1, 0.15) is 52.4 Å². The van der Waals surface area contributed by atoms with E-state index in [0.717, 1.165) is 25.8 Å². The molecule has 0 aromatic heterocycles. The second-order valence-electron chi connectivity index (χ2n) is 4.48. The SMILES string of the molecule is CCCC(CC)N1CCCC1CC(=O)O. The van der Waals surface area contributed by atoms with Crippen LogP contribution in [0.25, 0.3) is 0 Å². The number of carbonyl (C=O) groups is 1. The minimum Gasteiger partial charge on any atom is -0.481 e. The lowest BCUT2D eigenvalue weighted by Crippen LogP contribution is -2.39. The Labute approximate surface area is 92.5 Å². The van der Waals surface area contributed by atoms with E-state index in [1.165, 1.54) is 12.8 Å². The van der Waals surface area contributed by atoms with Crippen LogP contribution in [0.15, 0.2) is 0 Å². The fourth-order valence-electron chi connectivity index (χ4n) is 2.70. The molecule has 0 aliphatic carbocycles. The highest BCUT2D eigenvalue weighted by Gasteiger charge is 2.30. The van der Waals surface area contributed by atoms with Crippen molar-refractivity contribution in [1.29, 1.82) is 0 Å². The van der Waals surface area contributed by atoms with E-state index in [9.17, 15) is 4.79 Å². The molecule has 3 heteroatoms. The van der Waals surface area contributed by atoms with Crippen LogP contribution in [-0.4, -0.2) is 34.6 Å². The number of nitrogens with zero attached hydrogens (tertiary/aromatic N) is 1. The summed E-state index contributed by atoms with van der Waals surface area (Å²) in [7, 11) is 0. The van der Waals surface area contributed by atoms with Crippen LogP contribution in [0.2, 0.25) is 0 Å². The molecule has 88 valence electrons. The van der Waals surface area contributed by atoms with Crippen molar-refractivity contribution in [3.8, 4) is 0 Å². The Kier molecular flexibility index (Phi) is 5.09. The summed E-state index contributed by atoms with van der Waals surface area (Å²) >= 11 is 0. The number of hydrogen-bond donors (Lipinski definition) is 1. The molecule has 0 radical (unpaired) electrons. The van der Waals surface area contributed by atoms with E-state index >= 15 is 0 Å². The lowest BCUT2D eigenvalue weighted by Gasteiger charge is -2.31. The van der Waals surface area contributed by atoms with Gasteiger partial charge < -0.3 is 5.11 Å². The second kappa shape index (κ2) is 6.11. The van der Waals surface area contributed by atoms with Crippen molar-refractivity contribution in [2.45, 2.75) is 64.5 Å². The molecule has 0 saturated carbocycles. The molecule has 0 spiro atoms. The molecule has 2 atom stereocenters. The summed E-state index contributed by atoms with van der Waals surface area (Å²) in [5.74, 6) is -0.654. The number of aliphatic carboxylic acids is 1. The predicted octanol–water partition coefficient (Wildman–Crippen LogP) is 2.50. The molecule has 1 N–H and O–H groups in total. The normalized spacial score (nSPS) is 24.3. The molecule has 0 aromatic carbocycles. The van der Waals surface area contributed by atoms with Crippen LogP contribution in [0.3, 0.4) is 0 Å². The maximum Gasteiger partial charge on any atom is 0.304 e. The molecule has 2 unspecified atom stereocenters. The van der Waals surface area contributed by atoms with Crippen LogP contribution in [0.4, 0.5) is 0 Å². The third kappa shape index (κ3) is 3.49. The van der Waals surface area contributed by atoms with Crippen LogP contribution >= 0.6 is 0 Å². The van der Waals surface area contributed by atoms with Gasteiger partial charge in [0.05, 0.1) is 6.42 Å². The van der Waals surface area contributed by atoms with E-state index in [-0.39, 0.29) is 0 Å². The highest BCUT2D eigenvalue weighted by atomic mass is 16.4. The first kappa shape index (κ1) is 12.5. The average molecular weight is 213 g/mol. The molecule has 1 aliphatic heterocycles. The molecule has 1 aliphatic rings. The molecular formula is C12H23NO2. The van der Waals surface area contributed by atoms with Gasteiger partial charge in [0.2, 0.25) is 0 Å². The summed E-state index contributed by atoms with van der Waals surface area (Å²) in [4.78, 5) is 13.2. The van der Waals surface area contributed by atoms with Gasteiger partial charge in [-0.1, -0.05) is 20.3 Å².